The number of pyridine rings is 1. The molecule has 4 rings (SSSR count). The van der Waals surface area contributed by atoms with Crippen molar-refractivity contribution < 1.29 is 9.47 Å². The molecule has 28 heavy (non-hydrogen) atoms. The molecule has 0 aliphatic carbocycles. The summed E-state index contributed by atoms with van der Waals surface area (Å²) in [7, 11) is 3.35. The van der Waals surface area contributed by atoms with Crippen molar-refractivity contribution in [1.82, 2.24) is 15.2 Å². The van der Waals surface area contributed by atoms with Gasteiger partial charge in [-0.1, -0.05) is 30.3 Å². The van der Waals surface area contributed by atoms with Crippen molar-refractivity contribution in [2.45, 2.75) is 12.5 Å². The molecule has 1 fully saturated rings. The second-order valence-electron chi connectivity index (χ2n) is 7.09. The normalized spacial score (nSPS) is 16.5. The van der Waals surface area contributed by atoms with E-state index in [1.54, 1.807) is 14.2 Å². The number of ether oxygens (including phenoxy) is 2. The first-order valence-corrected chi connectivity index (χ1v) is 9.82. The highest BCUT2D eigenvalue weighted by molar-refractivity contribution is 5.78. The number of hydrogen-bond acceptors (Lipinski definition) is 5. The van der Waals surface area contributed by atoms with E-state index in [1.165, 1.54) is 5.56 Å². The van der Waals surface area contributed by atoms with E-state index in [4.69, 9.17) is 14.5 Å². The van der Waals surface area contributed by atoms with E-state index in [0.29, 0.717) is 0 Å². The van der Waals surface area contributed by atoms with Crippen LogP contribution in [0.3, 0.4) is 0 Å². The molecule has 1 saturated heterocycles. The fourth-order valence-corrected chi connectivity index (χ4v) is 3.95. The van der Waals surface area contributed by atoms with Gasteiger partial charge in [-0.05, 0) is 42.8 Å². The van der Waals surface area contributed by atoms with Crippen molar-refractivity contribution in [2.24, 2.45) is 0 Å². The molecular formula is C23H27N3O2. The molecule has 1 atom stereocenters. The molecule has 2 aromatic carbocycles. The van der Waals surface area contributed by atoms with Gasteiger partial charge in [-0.3, -0.25) is 9.88 Å². The fourth-order valence-electron chi connectivity index (χ4n) is 3.95. The molecule has 1 unspecified atom stereocenters. The molecule has 0 amide bonds. The van der Waals surface area contributed by atoms with Crippen molar-refractivity contribution in [3.05, 3.63) is 65.9 Å². The Morgan fingerprint density at radius 2 is 1.79 bits per heavy atom. The third-order valence-electron chi connectivity index (χ3n) is 5.36. The summed E-state index contributed by atoms with van der Waals surface area (Å²) in [5, 5.41) is 4.66. The number of methoxy groups -OCH3 is 2. The van der Waals surface area contributed by atoms with E-state index in [2.05, 4.69) is 52.7 Å². The lowest BCUT2D eigenvalue weighted by molar-refractivity contribution is 0.237. The van der Waals surface area contributed by atoms with Gasteiger partial charge < -0.3 is 14.8 Å². The van der Waals surface area contributed by atoms with Gasteiger partial charge in [0.05, 0.1) is 31.5 Å². The minimum atomic E-state index is 0.0734. The van der Waals surface area contributed by atoms with Crippen molar-refractivity contribution in [3.63, 3.8) is 0 Å². The van der Waals surface area contributed by atoms with E-state index in [9.17, 15) is 0 Å². The number of nitrogens with zero attached hydrogens (tertiary/aromatic N) is 2. The summed E-state index contributed by atoms with van der Waals surface area (Å²) in [6.45, 7) is 4.05. The van der Waals surface area contributed by atoms with Gasteiger partial charge in [0.1, 0.15) is 0 Å². The third-order valence-corrected chi connectivity index (χ3v) is 5.36. The minimum absolute atomic E-state index is 0.0734. The molecular weight excluding hydrogens is 350 g/mol. The number of rotatable bonds is 5. The van der Waals surface area contributed by atoms with E-state index in [0.717, 1.165) is 60.7 Å². The molecule has 1 N–H and O–H groups in total. The number of hydrogen-bond donors (Lipinski definition) is 1. The Labute approximate surface area is 166 Å². The van der Waals surface area contributed by atoms with Crippen LogP contribution < -0.4 is 14.8 Å². The molecule has 0 saturated carbocycles. The standard InChI is InChI=1S/C23H27N3O2/c1-27-21-11-9-18(16-22(21)28-2)23(26-14-5-12-24-13-15-26)20-10-8-17-6-3-4-7-19(17)25-20/h3-4,6-11,16,23-24H,5,12-15H2,1-2H3. The predicted octanol–water partition coefficient (Wildman–Crippen LogP) is 3.64. The van der Waals surface area contributed by atoms with Crippen molar-refractivity contribution >= 4 is 10.9 Å². The molecule has 1 aromatic heterocycles. The van der Waals surface area contributed by atoms with Crippen LogP contribution in [-0.4, -0.2) is 50.3 Å². The van der Waals surface area contributed by atoms with Crippen LogP contribution in [0.25, 0.3) is 10.9 Å². The van der Waals surface area contributed by atoms with Crippen molar-refractivity contribution in [1.29, 1.82) is 0 Å². The van der Waals surface area contributed by atoms with Crippen molar-refractivity contribution in [2.75, 3.05) is 40.4 Å². The Hall–Kier alpha value is -2.63. The maximum atomic E-state index is 5.57. The average Bonchev–Trinajstić information content (AvgIpc) is 3.03. The first-order valence-electron chi connectivity index (χ1n) is 9.82. The first-order chi connectivity index (χ1) is 13.8. The van der Waals surface area contributed by atoms with Crippen LogP contribution in [0, 0.1) is 0 Å². The number of para-hydroxylation sites is 1. The average molecular weight is 377 g/mol. The maximum absolute atomic E-state index is 5.57. The second-order valence-corrected chi connectivity index (χ2v) is 7.09. The Morgan fingerprint density at radius 1 is 0.929 bits per heavy atom. The lowest BCUT2D eigenvalue weighted by Crippen LogP contribution is -2.33. The molecule has 0 bridgehead atoms. The second kappa shape index (κ2) is 8.59. The smallest absolute Gasteiger partial charge is 0.161 e. The summed E-state index contributed by atoms with van der Waals surface area (Å²) in [5.74, 6) is 1.49. The molecule has 2 heterocycles. The van der Waals surface area contributed by atoms with Crippen LogP contribution in [0.15, 0.2) is 54.6 Å². The molecule has 0 spiro atoms. The summed E-state index contributed by atoms with van der Waals surface area (Å²) < 4.78 is 11.0. The van der Waals surface area contributed by atoms with E-state index < -0.39 is 0 Å². The number of fused-ring (bicyclic) bond motifs is 1. The van der Waals surface area contributed by atoms with Crippen LogP contribution in [0.1, 0.15) is 23.7 Å². The van der Waals surface area contributed by atoms with Gasteiger partial charge in [-0.2, -0.15) is 0 Å². The Morgan fingerprint density at radius 3 is 2.64 bits per heavy atom. The van der Waals surface area contributed by atoms with Gasteiger partial charge in [0.25, 0.3) is 0 Å². The first kappa shape index (κ1) is 18.7. The zero-order chi connectivity index (χ0) is 19.3. The zero-order valence-corrected chi connectivity index (χ0v) is 16.5. The fraction of sp³-hybridized carbons (Fsp3) is 0.348. The third kappa shape index (κ3) is 3.81. The summed E-state index contributed by atoms with van der Waals surface area (Å²) in [6, 6.07) is 18.9. The summed E-state index contributed by atoms with van der Waals surface area (Å²) in [6.07, 6.45) is 1.12. The molecule has 1 aliphatic heterocycles. The number of nitrogens with one attached hydrogen (secondary N) is 1. The number of aromatic nitrogens is 1. The lowest BCUT2D eigenvalue weighted by atomic mass is 9.99. The summed E-state index contributed by atoms with van der Waals surface area (Å²) >= 11 is 0. The van der Waals surface area contributed by atoms with Gasteiger partial charge in [0.2, 0.25) is 0 Å². The highest BCUT2D eigenvalue weighted by Crippen LogP contribution is 2.35. The zero-order valence-electron chi connectivity index (χ0n) is 16.5. The molecule has 146 valence electrons. The molecule has 0 radical (unpaired) electrons. The Balaban J connectivity index is 1.81. The van der Waals surface area contributed by atoms with Gasteiger partial charge in [0.15, 0.2) is 11.5 Å². The highest BCUT2D eigenvalue weighted by atomic mass is 16.5. The monoisotopic (exact) mass is 377 g/mol. The molecule has 3 aromatic rings. The Kier molecular flexibility index (Phi) is 5.74. The van der Waals surface area contributed by atoms with Crippen LogP contribution in [0.2, 0.25) is 0 Å². The number of benzene rings is 2. The van der Waals surface area contributed by atoms with Gasteiger partial charge in [-0.25, -0.2) is 0 Å². The largest absolute Gasteiger partial charge is 0.493 e. The van der Waals surface area contributed by atoms with Crippen LogP contribution in [0.4, 0.5) is 0 Å². The predicted molar refractivity (Wildman–Crippen MR) is 112 cm³/mol. The molecule has 1 aliphatic rings. The van der Waals surface area contributed by atoms with Gasteiger partial charge >= 0.3 is 0 Å². The van der Waals surface area contributed by atoms with Crippen LogP contribution in [-0.2, 0) is 0 Å². The quantitative estimate of drug-likeness (QED) is 0.736. The van der Waals surface area contributed by atoms with Crippen molar-refractivity contribution in [3.8, 4) is 11.5 Å². The van der Waals surface area contributed by atoms with E-state index in [-0.39, 0.29) is 6.04 Å². The summed E-state index contributed by atoms with van der Waals surface area (Å²) in [5.41, 5.74) is 3.26. The Bertz CT molecular complexity index is 936. The molecule has 5 heteroatoms. The van der Waals surface area contributed by atoms with Gasteiger partial charge in [0, 0.05) is 25.0 Å². The van der Waals surface area contributed by atoms with Crippen LogP contribution in [0.5, 0.6) is 11.5 Å². The van der Waals surface area contributed by atoms with Crippen LogP contribution >= 0.6 is 0 Å². The SMILES string of the molecule is COc1ccc(C(c2ccc3ccccc3n2)N2CCCNCC2)cc1OC. The maximum Gasteiger partial charge on any atom is 0.161 e. The van der Waals surface area contributed by atoms with E-state index >= 15 is 0 Å². The summed E-state index contributed by atoms with van der Waals surface area (Å²) in [4.78, 5) is 7.53. The molecule has 5 nitrogen and oxygen atoms in total. The highest BCUT2D eigenvalue weighted by Gasteiger charge is 2.25. The van der Waals surface area contributed by atoms with E-state index in [1.807, 2.05) is 12.1 Å². The lowest BCUT2D eigenvalue weighted by Gasteiger charge is -2.31. The minimum Gasteiger partial charge on any atom is -0.493 e. The van der Waals surface area contributed by atoms with Gasteiger partial charge in [-0.15, -0.1) is 0 Å². The topological polar surface area (TPSA) is 46.6 Å².